The van der Waals surface area contributed by atoms with E-state index in [1.165, 1.54) is 0 Å². The third kappa shape index (κ3) is 3.12. The summed E-state index contributed by atoms with van der Waals surface area (Å²) in [6, 6.07) is 15.5. The molecule has 2 N–H and O–H groups in total. The van der Waals surface area contributed by atoms with Gasteiger partial charge in [-0.25, -0.2) is 0 Å². The second-order valence-corrected chi connectivity index (χ2v) is 4.37. The number of benzene rings is 2. The van der Waals surface area contributed by atoms with Crippen LogP contribution in [-0.2, 0) is 13.2 Å². The lowest BCUT2D eigenvalue weighted by Crippen LogP contribution is -2.04. The van der Waals surface area contributed by atoms with Gasteiger partial charge in [0.05, 0.1) is 11.6 Å². The van der Waals surface area contributed by atoms with Crippen molar-refractivity contribution in [1.29, 1.82) is 5.26 Å². The average molecular weight is 252 g/mol. The smallest absolute Gasteiger partial charge is 0.124 e. The van der Waals surface area contributed by atoms with Crippen molar-refractivity contribution in [3.63, 3.8) is 0 Å². The monoisotopic (exact) mass is 252 g/mol. The molecule has 0 amide bonds. The molecule has 19 heavy (non-hydrogen) atoms. The minimum Gasteiger partial charge on any atom is -0.489 e. The van der Waals surface area contributed by atoms with Gasteiger partial charge in [-0.2, -0.15) is 5.26 Å². The lowest BCUT2D eigenvalue weighted by Gasteiger charge is -2.12. The van der Waals surface area contributed by atoms with Gasteiger partial charge in [-0.05, 0) is 19.1 Å². The fourth-order valence-electron chi connectivity index (χ4n) is 1.92. The van der Waals surface area contributed by atoms with E-state index < -0.39 is 0 Å². The van der Waals surface area contributed by atoms with E-state index in [9.17, 15) is 0 Å². The average Bonchev–Trinajstić information content (AvgIpc) is 2.46. The Kier molecular flexibility index (Phi) is 4.17. The summed E-state index contributed by atoms with van der Waals surface area (Å²) >= 11 is 0. The van der Waals surface area contributed by atoms with E-state index in [4.69, 9.17) is 15.7 Å². The first-order valence-corrected chi connectivity index (χ1v) is 6.15. The highest BCUT2D eigenvalue weighted by molar-refractivity contribution is 5.39. The Morgan fingerprint density at radius 3 is 2.68 bits per heavy atom. The minimum atomic E-state index is 0.375. The van der Waals surface area contributed by atoms with Gasteiger partial charge in [-0.1, -0.05) is 35.9 Å². The van der Waals surface area contributed by atoms with Gasteiger partial charge in [0, 0.05) is 17.7 Å². The largest absolute Gasteiger partial charge is 0.489 e. The quantitative estimate of drug-likeness (QED) is 0.910. The third-order valence-corrected chi connectivity index (χ3v) is 2.96. The van der Waals surface area contributed by atoms with Crippen LogP contribution >= 0.6 is 0 Å². The number of nitrogens with zero attached hydrogens (tertiary/aromatic N) is 1. The van der Waals surface area contributed by atoms with Gasteiger partial charge >= 0.3 is 0 Å². The van der Waals surface area contributed by atoms with Crippen LogP contribution in [0.4, 0.5) is 0 Å². The molecule has 0 fully saturated rings. The predicted octanol–water partition coefficient (Wildman–Crippen LogP) is 2.90. The maximum atomic E-state index is 9.03. The standard InChI is InChI=1S/C16H16N2O/c1-12-6-7-16(15(8-12)10-18)19-11-14-5-3-2-4-13(14)9-17/h2-8H,10-11,18H2,1H3. The second-order valence-electron chi connectivity index (χ2n) is 4.37. The lowest BCUT2D eigenvalue weighted by molar-refractivity contribution is 0.302. The molecule has 2 rings (SSSR count). The molecule has 3 nitrogen and oxygen atoms in total. The van der Waals surface area contributed by atoms with Crippen LogP contribution in [0.1, 0.15) is 22.3 Å². The number of nitrogens with two attached hydrogens (primary N) is 1. The van der Waals surface area contributed by atoms with Crippen LogP contribution < -0.4 is 10.5 Å². The molecular weight excluding hydrogens is 236 g/mol. The van der Waals surface area contributed by atoms with Crippen molar-refractivity contribution in [2.24, 2.45) is 5.73 Å². The normalized spacial score (nSPS) is 9.95. The molecule has 0 spiro atoms. The van der Waals surface area contributed by atoms with Crippen LogP contribution in [0.2, 0.25) is 0 Å². The van der Waals surface area contributed by atoms with Crippen LogP contribution in [0.5, 0.6) is 5.75 Å². The van der Waals surface area contributed by atoms with Crippen LogP contribution in [0.25, 0.3) is 0 Å². The summed E-state index contributed by atoms with van der Waals surface area (Å²) < 4.78 is 5.78. The Morgan fingerprint density at radius 2 is 1.95 bits per heavy atom. The summed E-state index contributed by atoms with van der Waals surface area (Å²) in [6.07, 6.45) is 0. The van der Waals surface area contributed by atoms with E-state index in [-0.39, 0.29) is 0 Å². The summed E-state index contributed by atoms with van der Waals surface area (Å²) in [5, 5.41) is 9.03. The van der Waals surface area contributed by atoms with Crippen molar-refractivity contribution in [3.8, 4) is 11.8 Å². The molecule has 0 aliphatic heterocycles. The maximum Gasteiger partial charge on any atom is 0.124 e. The molecule has 0 aromatic heterocycles. The molecule has 96 valence electrons. The molecular formula is C16H16N2O. The maximum absolute atomic E-state index is 9.03. The van der Waals surface area contributed by atoms with E-state index in [0.29, 0.717) is 18.7 Å². The summed E-state index contributed by atoms with van der Waals surface area (Å²) in [7, 11) is 0. The SMILES string of the molecule is Cc1ccc(OCc2ccccc2C#N)c(CN)c1. The van der Waals surface area contributed by atoms with E-state index in [1.807, 2.05) is 43.3 Å². The van der Waals surface area contributed by atoms with Crippen LogP contribution in [0.3, 0.4) is 0 Å². The van der Waals surface area contributed by atoms with Crippen molar-refractivity contribution in [3.05, 3.63) is 64.7 Å². The molecule has 0 aliphatic carbocycles. The van der Waals surface area contributed by atoms with Crippen molar-refractivity contribution in [2.75, 3.05) is 0 Å². The molecule has 0 aliphatic rings. The van der Waals surface area contributed by atoms with Gasteiger partial charge in [-0.15, -0.1) is 0 Å². The van der Waals surface area contributed by atoms with Crippen molar-refractivity contribution in [2.45, 2.75) is 20.1 Å². The number of aryl methyl sites for hydroxylation is 1. The molecule has 0 unspecified atom stereocenters. The van der Waals surface area contributed by atoms with E-state index in [0.717, 1.165) is 22.4 Å². The highest BCUT2D eigenvalue weighted by Gasteiger charge is 2.05. The van der Waals surface area contributed by atoms with Gasteiger partial charge in [0.2, 0.25) is 0 Å². The number of hydrogen-bond donors (Lipinski definition) is 1. The topological polar surface area (TPSA) is 59.0 Å². The summed E-state index contributed by atoms with van der Waals surface area (Å²) in [4.78, 5) is 0. The number of rotatable bonds is 4. The minimum absolute atomic E-state index is 0.375. The Hall–Kier alpha value is -2.31. The number of hydrogen-bond acceptors (Lipinski definition) is 3. The molecule has 0 saturated carbocycles. The van der Waals surface area contributed by atoms with E-state index in [2.05, 4.69) is 6.07 Å². The van der Waals surface area contributed by atoms with Gasteiger partial charge in [0.1, 0.15) is 12.4 Å². The predicted molar refractivity (Wildman–Crippen MR) is 74.6 cm³/mol. The molecule has 0 bridgehead atoms. The summed E-state index contributed by atoms with van der Waals surface area (Å²) in [5.41, 5.74) is 9.38. The Bertz CT molecular complexity index is 614. The second kappa shape index (κ2) is 6.03. The van der Waals surface area contributed by atoms with E-state index >= 15 is 0 Å². The zero-order valence-electron chi connectivity index (χ0n) is 10.9. The molecule has 2 aromatic carbocycles. The molecule has 0 atom stereocenters. The first-order valence-electron chi connectivity index (χ1n) is 6.15. The fourth-order valence-corrected chi connectivity index (χ4v) is 1.92. The van der Waals surface area contributed by atoms with E-state index in [1.54, 1.807) is 6.07 Å². The highest BCUT2D eigenvalue weighted by Crippen LogP contribution is 2.21. The third-order valence-electron chi connectivity index (χ3n) is 2.96. The number of ether oxygens (including phenoxy) is 1. The Labute approximate surface area is 113 Å². The van der Waals surface area contributed by atoms with Gasteiger partial charge in [0.15, 0.2) is 0 Å². The number of nitriles is 1. The first-order chi connectivity index (χ1) is 9.24. The highest BCUT2D eigenvalue weighted by atomic mass is 16.5. The molecule has 3 heteroatoms. The first kappa shape index (κ1) is 13.1. The lowest BCUT2D eigenvalue weighted by atomic mass is 10.1. The van der Waals surface area contributed by atoms with Crippen molar-refractivity contribution < 1.29 is 4.74 Å². The van der Waals surface area contributed by atoms with Crippen molar-refractivity contribution in [1.82, 2.24) is 0 Å². The van der Waals surface area contributed by atoms with Gasteiger partial charge in [0.25, 0.3) is 0 Å². The molecule has 2 aromatic rings. The van der Waals surface area contributed by atoms with Crippen LogP contribution in [-0.4, -0.2) is 0 Å². The van der Waals surface area contributed by atoms with Crippen LogP contribution in [0, 0.1) is 18.3 Å². The van der Waals surface area contributed by atoms with Crippen LogP contribution in [0.15, 0.2) is 42.5 Å². The summed E-state index contributed by atoms with van der Waals surface area (Å²) in [5.74, 6) is 0.779. The molecule has 0 saturated heterocycles. The molecule has 0 radical (unpaired) electrons. The zero-order valence-corrected chi connectivity index (χ0v) is 10.9. The molecule has 0 heterocycles. The summed E-state index contributed by atoms with van der Waals surface area (Å²) in [6.45, 7) is 2.84. The fraction of sp³-hybridized carbons (Fsp3) is 0.188. The Balaban J connectivity index is 2.17. The van der Waals surface area contributed by atoms with Crippen molar-refractivity contribution >= 4 is 0 Å². The Morgan fingerprint density at radius 1 is 1.16 bits per heavy atom. The zero-order chi connectivity index (χ0) is 13.7. The van der Waals surface area contributed by atoms with Gasteiger partial charge < -0.3 is 10.5 Å². The van der Waals surface area contributed by atoms with Gasteiger partial charge in [-0.3, -0.25) is 0 Å².